The standard InChI is InChI=1S/C24H18Cl2F2N4OS/c1-31-19-9-7-13(25)11-16(19)21(15-5-3-4-6-17(15)26)29-22(23(31)33)30-24(34)32(2)20-10-8-14(27)12-18(20)28/h3-12,22H,1-2H3,(H,30,34). The van der Waals surface area contributed by atoms with Crippen LogP contribution in [0.3, 0.4) is 0 Å². The van der Waals surface area contributed by atoms with Crippen molar-refractivity contribution < 1.29 is 13.6 Å². The van der Waals surface area contributed by atoms with Gasteiger partial charge in [0, 0.05) is 41.3 Å². The number of aliphatic imine (C=N–C) groups is 1. The van der Waals surface area contributed by atoms with Crippen molar-refractivity contribution in [3.05, 3.63) is 93.5 Å². The monoisotopic (exact) mass is 518 g/mol. The maximum absolute atomic E-state index is 14.3. The minimum atomic E-state index is -1.15. The van der Waals surface area contributed by atoms with Crippen LogP contribution in [-0.4, -0.2) is 37.0 Å². The molecular formula is C24H18Cl2F2N4OS. The SMILES string of the molecule is CN(C(=S)NC1N=C(c2ccccc2Cl)c2cc(Cl)ccc2N(C)C1=O)c1ccc(F)cc1F. The van der Waals surface area contributed by atoms with E-state index < -0.39 is 23.7 Å². The van der Waals surface area contributed by atoms with Gasteiger partial charge in [0.25, 0.3) is 5.91 Å². The molecule has 0 fully saturated rings. The number of carbonyl (C=O) groups excluding carboxylic acids is 1. The third-order valence-corrected chi connectivity index (χ3v) is 6.32. The highest BCUT2D eigenvalue weighted by Crippen LogP contribution is 2.32. The average molecular weight is 519 g/mol. The quantitative estimate of drug-likeness (QED) is 0.470. The zero-order valence-corrected chi connectivity index (χ0v) is 20.3. The van der Waals surface area contributed by atoms with Crippen LogP contribution in [0.5, 0.6) is 0 Å². The van der Waals surface area contributed by atoms with Crippen LogP contribution in [0.2, 0.25) is 10.0 Å². The molecule has 1 amide bonds. The molecule has 1 atom stereocenters. The van der Waals surface area contributed by atoms with Gasteiger partial charge in [-0.25, -0.2) is 13.8 Å². The van der Waals surface area contributed by atoms with E-state index in [1.54, 1.807) is 43.4 Å². The lowest BCUT2D eigenvalue weighted by atomic mass is 10.00. The number of rotatable bonds is 3. The zero-order chi connectivity index (χ0) is 24.6. The summed E-state index contributed by atoms with van der Waals surface area (Å²) in [5.74, 6) is -1.90. The Morgan fingerprint density at radius 3 is 2.53 bits per heavy atom. The van der Waals surface area contributed by atoms with Gasteiger partial charge in [-0.1, -0.05) is 41.4 Å². The molecular weight excluding hydrogens is 501 g/mol. The maximum atomic E-state index is 14.3. The Hall–Kier alpha value is -3.07. The molecule has 0 bridgehead atoms. The summed E-state index contributed by atoms with van der Waals surface area (Å²) in [6.45, 7) is 0. The molecule has 174 valence electrons. The molecule has 4 rings (SSSR count). The van der Waals surface area contributed by atoms with Gasteiger partial charge >= 0.3 is 0 Å². The van der Waals surface area contributed by atoms with Crippen molar-refractivity contribution in [3.63, 3.8) is 0 Å². The van der Waals surface area contributed by atoms with Crippen LogP contribution in [0.4, 0.5) is 20.2 Å². The molecule has 0 aliphatic carbocycles. The second-order valence-electron chi connectivity index (χ2n) is 7.52. The lowest BCUT2D eigenvalue weighted by Crippen LogP contribution is -2.50. The largest absolute Gasteiger partial charge is 0.333 e. The van der Waals surface area contributed by atoms with Crippen LogP contribution in [0, 0.1) is 11.6 Å². The average Bonchev–Trinajstić information content (AvgIpc) is 2.89. The fourth-order valence-electron chi connectivity index (χ4n) is 3.58. The maximum Gasteiger partial charge on any atom is 0.272 e. The number of thiocarbonyl (C=S) groups is 1. The third-order valence-electron chi connectivity index (χ3n) is 5.36. The highest BCUT2D eigenvalue weighted by Gasteiger charge is 2.32. The number of anilines is 2. The third kappa shape index (κ3) is 4.61. The molecule has 34 heavy (non-hydrogen) atoms. The van der Waals surface area contributed by atoms with E-state index in [4.69, 9.17) is 35.4 Å². The molecule has 3 aromatic rings. The Bertz CT molecular complexity index is 1330. The fraction of sp³-hybridized carbons (Fsp3) is 0.125. The molecule has 3 aromatic carbocycles. The van der Waals surface area contributed by atoms with E-state index in [1.165, 1.54) is 22.9 Å². The van der Waals surface area contributed by atoms with Crippen molar-refractivity contribution in [1.82, 2.24) is 5.32 Å². The van der Waals surface area contributed by atoms with Gasteiger partial charge in [-0.2, -0.15) is 0 Å². The van der Waals surface area contributed by atoms with E-state index in [0.29, 0.717) is 32.6 Å². The minimum absolute atomic E-state index is 0.0171. The molecule has 0 saturated carbocycles. The molecule has 0 aromatic heterocycles. The van der Waals surface area contributed by atoms with E-state index in [2.05, 4.69) is 10.3 Å². The minimum Gasteiger partial charge on any atom is -0.333 e. The van der Waals surface area contributed by atoms with Crippen molar-refractivity contribution in [2.75, 3.05) is 23.9 Å². The fourth-order valence-corrected chi connectivity index (χ4v) is 4.19. The van der Waals surface area contributed by atoms with Crippen molar-refractivity contribution in [1.29, 1.82) is 0 Å². The van der Waals surface area contributed by atoms with Crippen LogP contribution in [0.15, 0.2) is 65.7 Å². The zero-order valence-electron chi connectivity index (χ0n) is 18.0. The molecule has 5 nitrogen and oxygen atoms in total. The summed E-state index contributed by atoms with van der Waals surface area (Å²) in [7, 11) is 3.12. The molecule has 0 spiro atoms. The van der Waals surface area contributed by atoms with Gasteiger partial charge in [-0.15, -0.1) is 0 Å². The number of hydrogen-bond acceptors (Lipinski definition) is 3. The van der Waals surface area contributed by atoms with Gasteiger partial charge in [-0.05, 0) is 48.6 Å². The van der Waals surface area contributed by atoms with Crippen molar-refractivity contribution >= 4 is 63.5 Å². The summed E-state index contributed by atoms with van der Waals surface area (Å²) < 4.78 is 27.6. The Labute approximate surface area is 210 Å². The summed E-state index contributed by atoms with van der Waals surface area (Å²) in [5, 5.41) is 3.81. The number of fused-ring (bicyclic) bond motifs is 1. The van der Waals surface area contributed by atoms with Crippen LogP contribution in [0.25, 0.3) is 0 Å². The Morgan fingerprint density at radius 1 is 1.09 bits per heavy atom. The summed E-state index contributed by atoms with van der Waals surface area (Å²) in [6.07, 6.45) is -1.15. The Balaban J connectivity index is 1.77. The molecule has 1 N–H and O–H groups in total. The van der Waals surface area contributed by atoms with Crippen molar-refractivity contribution in [2.45, 2.75) is 6.17 Å². The normalized spacial score (nSPS) is 15.4. The predicted octanol–water partition coefficient (Wildman–Crippen LogP) is 5.42. The predicted molar refractivity (Wildman–Crippen MR) is 136 cm³/mol. The van der Waals surface area contributed by atoms with E-state index in [-0.39, 0.29) is 10.8 Å². The summed E-state index contributed by atoms with van der Waals surface area (Å²) in [4.78, 5) is 20.8. The summed E-state index contributed by atoms with van der Waals surface area (Å²) >= 11 is 18.2. The van der Waals surface area contributed by atoms with Gasteiger partial charge < -0.3 is 15.1 Å². The van der Waals surface area contributed by atoms with Crippen LogP contribution >= 0.6 is 35.4 Å². The van der Waals surface area contributed by atoms with Crippen molar-refractivity contribution in [2.24, 2.45) is 4.99 Å². The van der Waals surface area contributed by atoms with Crippen LogP contribution < -0.4 is 15.1 Å². The highest BCUT2D eigenvalue weighted by molar-refractivity contribution is 7.80. The van der Waals surface area contributed by atoms with Crippen LogP contribution in [-0.2, 0) is 4.79 Å². The number of amides is 1. The first kappa shape index (κ1) is 24.1. The number of nitrogens with zero attached hydrogens (tertiary/aromatic N) is 3. The summed E-state index contributed by atoms with van der Waals surface area (Å²) in [6, 6.07) is 15.4. The Kier molecular flexibility index (Phi) is 6.84. The van der Waals surface area contributed by atoms with E-state index in [0.717, 1.165) is 12.1 Å². The summed E-state index contributed by atoms with van der Waals surface area (Å²) in [5.41, 5.74) is 2.28. The molecule has 1 aliphatic rings. The molecule has 10 heteroatoms. The second kappa shape index (κ2) is 9.66. The lowest BCUT2D eigenvalue weighted by molar-refractivity contribution is -0.119. The molecule has 0 saturated heterocycles. The Morgan fingerprint density at radius 2 is 1.82 bits per heavy atom. The molecule has 1 heterocycles. The number of likely N-dealkylation sites (N-methyl/N-ethyl adjacent to an activating group) is 1. The first-order valence-electron chi connectivity index (χ1n) is 10.1. The number of nitrogens with one attached hydrogen (secondary N) is 1. The van der Waals surface area contributed by atoms with Gasteiger partial charge in [0.05, 0.1) is 17.1 Å². The van der Waals surface area contributed by atoms with Gasteiger partial charge in [-0.3, -0.25) is 4.79 Å². The number of benzodiazepines with no additional fused rings is 1. The van der Waals surface area contributed by atoms with E-state index in [9.17, 15) is 13.6 Å². The number of carbonyl (C=O) groups is 1. The second-order valence-corrected chi connectivity index (χ2v) is 8.75. The highest BCUT2D eigenvalue weighted by atomic mass is 35.5. The first-order chi connectivity index (χ1) is 16.2. The van der Waals surface area contributed by atoms with Gasteiger partial charge in [0.2, 0.25) is 6.17 Å². The van der Waals surface area contributed by atoms with E-state index in [1.807, 2.05) is 6.07 Å². The molecule has 0 radical (unpaired) electrons. The molecule has 1 aliphatic heterocycles. The first-order valence-corrected chi connectivity index (χ1v) is 11.2. The van der Waals surface area contributed by atoms with Crippen LogP contribution in [0.1, 0.15) is 11.1 Å². The number of benzene rings is 3. The lowest BCUT2D eigenvalue weighted by Gasteiger charge is -2.26. The van der Waals surface area contributed by atoms with Gasteiger partial charge in [0.15, 0.2) is 5.11 Å². The van der Waals surface area contributed by atoms with Gasteiger partial charge in [0.1, 0.15) is 11.6 Å². The smallest absolute Gasteiger partial charge is 0.272 e. The topological polar surface area (TPSA) is 47.9 Å². The number of halogens is 4. The molecule has 1 unspecified atom stereocenters. The number of hydrogen-bond donors (Lipinski definition) is 1. The van der Waals surface area contributed by atoms with Crippen molar-refractivity contribution in [3.8, 4) is 0 Å². The van der Waals surface area contributed by atoms with E-state index >= 15 is 0 Å².